The van der Waals surface area contributed by atoms with Crippen molar-refractivity contribution >= 4 is 11.4 Å². The molecule has 124 valence electrons. The van der Waals surface area contributed by atoms with Crippen LogP contribution in [-0.4, -0.2) is 5.78 Å². The Kier molecular flexibility index (Phi) is 3.19. The summed E-state index contributed by atoms with van der Waals surface area (Å²) in [6.07, 6.45) is 12.9. The van der Waals surface area contributed by atoms with Crippen molar-refractivity contribution in [2.75, 3.05) is 0 Å². The van der Waals surface area contributed by atoms with E-state index in [2.05, 4.69) is 12.2 Å². The Hall–Kier alpha value is -3.39. The van der Waals surface area contributed by atoms with Gasteiger partial charge in [-0.05, 0) is 39.8 Å². The van der Waals surface area contributed by atoms with Gasteiger partial charge in [-0.1, -0.05) is 84.7 Å². The predicted octanol–water partition coefficient (Wildman–Crippen LogP) is 4.12. The molecule has 0 fully saturated rings. The van der Waals surface area contributed by atoms with E-state index in [4.69, 9.17) is 0 Å². The maximum Gasteiger partial charge on any atom is 0.193 e. The van der Waals surface area contributed by atoms with Crippen LogP contribution in [0.3, 0.4) is 0 Å². The monoisotopic (exact) mass is 335 g/mol. The number of ketones is 1. The summed E-state index contributed by atoms with van der Waals surface area (Å²) in [5, 5.41) is 12.9. The first-order valence-electron chi connectivity index (χ1n) is 8.70. The number of rotatable bonds is 1. The normalized spacial score (nSPS) is 21.5. The second-order valence-corrected chi connectivity index (χ2v) is 6.59. The molecule has 5 aliphatic rings. The fourth-order valence-corrected chi connectivity index (χ4v) is 3.84. The highest BCUT2D eigenvalue weighted by atomic mass is 16.3. The van der Waals surface area contributed by atoms with Crippen molar-refractivity contribution in [2.45, 2.75) is 6.42 Å². The van der Waals surface area contributed by atoms with Crippen molar-refractivity contribution < 1.29 is 9.90 Å². The van der Waals surface area contributed by atoms with Gasteiger partial charge in [-0.15, -0.1) is 0 Å². The van der Waals surface area contributed by atoms with Gasteiger partial charge >= 0.3 is 0 Å². The van der Waals surface area contributed by atoms with E-state index in [1.165, 1.54) is 0 Å². The highest BCUT2D eigenvalue weighted by molar-refractivity contribution is 6.40. The van der Waals surface area contributed by atoms with Gasteiger partial charge in [0.25, 0.3) is 0 Å². The molecule has 5 rings (SSSR count). The van der Waals surface area contributed by atoms with E-state index in [0.717, 1.165) is 39.8 Å². The van der Waals surface area contributed by atoms with Gasteiger partial charge < -0.3 is 5.11 Å². The van der Waals surface area contributed by atoms with Gasteiger partial charge in [0, 0.05) is 11.1 Å². The molecule has 0 atom stereocenters. The molecule has 0 aromatic rings. The summed E-state index contributed by atoms with van der Waals surface area (Å²) < 4.78 is 0. The lowest BCUT2D eigenvalue weighted by atomic mass is 9.79. The molecule has 0 saturated heterocycles. The topological polar surface area (TPSA) is 40.1 Å². The zero-order valence-electron chi connectivity index (χ0n) is 14.0. The Morgan fingerprint density at radius 2 is 1.77 bits per heavy atom. The zero-order valence-corrected chi connectivity index (χ0v) is 14.0. The van der Waals surface area contributed by atoms with Crippen LogP contribution in [0.1, 0.15) is 12.0 Å². The lowest BCUT2D eigenvalue weighted by Gasteiger charge is -2.32. The van der Waals surface area contributed by atoms with Crippen LogP contribution in [-0.2, 0) is 4.79 Å². The van der Waals surface area contributed by atoms with E-state index in [9.17, 15) is 9.90 Å². The molecule has 0 bridgehead atoms. The molecule has 0 aromatic carbocycles. The Balaban J connectivity index is 1.65. The number of hydrogen-bond donors (Lipinski definition) is 0. The molecule has 0 spiro atoms. The predicted molar refractivity (Wildman–Crippen MR) is 101 cm³/mol. The van der Waals surface area contributed by atoms with Crippen LogP contribution < -0.4 is 5.11 Å². The number of carbonyl (C=O) groups excluding carboxylic acids is 1. The van der Waals surface area contributed by atoms with Crippen molar-refractivity contribution in [1.82, 2.24) is 0 Å². The largest absolute Gasteiger partial charge is 0.871 e. The zero-order chi connectivity index (χ0) is 17.7. The lowest BCUT2D eigenvalue weighted by molar-refractivity contribution is -0.297. The van der Waals surface area contributed by atoms with Crippen LogP contribution in [0.4, 0.5) is 0 Å². The molecule has 0 heterocycles. The summed E-state index contributed by atoms with van der Waals surface area (Å²) in [5.41, 5.74) is 6.13. The number of hydrogen-bond acceptors (Lipinski definition) is 2. The maximum atomic E-state index is 12.9. The third-order valence-electron chi connectivity index (χ3n) is 5.14. The first kappa shape index (κ1) is 14.9. The highest BCUT2D eigenvalue weighted by Crippen LogP contribution is 2.45. The first-order chi connectivity index (χ1) is 12.8. The van der Waals surface area contributed by atoms with E-state index in [0.29, 0.717) is 11.1 Å². The second kappa shape index (κ2) is 5.57. The van der Waals surface area contributed by atoms with E-state index in [1.807, 2.05) is 66.8 Å². The molecule has 0 aromatic heterocycles. The molecule has 2 nitrogen and oxygen atoms in total. The van der Waals surface area contributed by atoms with E-state index < -0.39 is 0 Å². The Bertz CT molecular complexity index is 1120. The molecule has 0 radical (unpaired) electrons. The second-order valence-electron chi connectivity index (χ2n) is 6.59. The molecule has 26 heavy (non-hydrogen) atoms. The van der Waals surface area contributed by atoms with Gasteiger partial charge in [0.05, 0.1) is 0 Å². The number of fused-ring (bicyclic) bond motifs is 2. The van der Waals surface area contributed by atoms with Gasteiger partial charge in [0.2, 0.25) is 0 Å². The molecule has 0 N–H and O–H groups in total. The smallest absolute Gasteiger partial charge is 0.193 e. The van der Waals surface area contributed by atoms with Crippen LogP contribution in [0.25, 0.3) is 16.7 Å². The number of Topliss-reactive ketones (excluding diaryl/α,β-unsaturated/α-hetero) is 1. The third kappa shape index (κ3) is 2.02. The van der Waals surface area contributed by atoms with Gasteiger partial charge in [0.15, 0.2) is 5.78 Å². The summed E-state index contributed by atoms with van der Waals surface area (Å²) in [5.74, 6) is -0.298. The molecule has 0 aliphatic heterocycles. The van der Waals surface area contributed by atoms with Crippen molar-refractivity contribution in [3.05, 3.63) is 113 Å². The van der Waals surface area contributed by atoms with Crippen molar-refractivity contribution in [2.24, 2.45) is 0 Å². The van der Waals surface area contributed by atoms with Gasteiger partial charge in [-0.25, -0.2) is 0 Å². The highest BCUT2D eigenvalue weighted by Gasteiger charge is 2.34. The number of carbonyl (C=O) groups is 1. The number of allylic oxidation sites excluding steroid dienone is 11. The molecule has 5 aliphatic carbocycles. The SMILES string of the molecule is O=C1C(=C2C=CC3=CCC=CC=C32)C([O-])=C1c1ccc2cccccc1-2. The minimum atomic E-state index is -0.149. The third-order valence-corrected chi connectivity index (χ3v) is 5.14. The Labute approximate surface area is 151 Å². The molecular formula is C24H15O2-. The van der Waals surface area contributed by atoms with Crippen molar-refractivity contribution in [3.8, 4) is 11.1 Å². The van der Waals surface area contributed by atoms with Crippen LogP contribution in [0, 0.1) is 0 Å². The molecule has 0 unspecified atom stereocenters. The van der Waals surface area contributed by atoms with Crippen LogP contribution in [0.2, 0.25) is 0 Å². The molecule has 2 heteroatoms. The molecular weight excluding hydrogens is 320 g/mol. The average Bonchev–Trinajstić information content (AvgIpc) is 3.01. The summed E-state index contributed by atoms with van der Waals surface area (Å²) in [6.45, 7) is 0. The standard InChI is InChI=1S/C24H16O2/c25-23-21(19-13-11-15-7-3-1-5-9-17(15)19)24(26)22(23)20-14-12-16-8-4-2-6-10-18(16)20/h1-3,5-14,25H,4H2/p-1. The Morgan fingerprint density at radius 1 is 0.885 bits per heavy atom. The summed E-state index contributed by atoms with van der Waals surface area (Å²) in [7, 11) is 0. The van der Waals surface area contributed by atoms with E-state index in [1.54, 1.807) is 0 Å². The fourth-order valence-electron chi connectivity index (χ4n) is 3.84. The minimum absolute atomic E-state index is 0.149. The van der Waals surface area contributed by atoms with Crippen LogP contribution in [0.5, 0.6) is 0 Å². The van der Waals surface area contributed by atoms with Crippen molar-refractivity contribution in [3.63, 3.8) is 0 Å². The van der Waals surface area contributed by atoms with Gasteiger partial charge in [-0.3, -0.25) is 4.79 Å². The quantitative estimate of drug-likeness (QED) is 0.735. The molecule has 0 saturated carbocycles. The molecule has 0 amide bonds. The van der Waals surface area contributed by atoms with Crippen LogP contribution >= 0.6 is 0 Å². The van der Waals surface area contributed by atoms with Gasteiger partial charge in [0.1, 0.15) is 0 Å². The lowest BCUT2D eigenvalue weighted by Crippen LogP contribution is -2.30. The first-order valence-corrected chi connectivity index (χ1v) is 8.70. The Morgan fingerprint density at radius 3 is 2.65 bits per heavy atom. The fraction of sp³-hybridized carbons (Fsp3) is 0.0417. The van der Waals surface area contributed by atoms with Crippen LogP contribution in [0.15, 0.2) is 107 Å². The minimum Gasteiger partial charge on any atom is -0.871 e. The maximum absolute atomic E-state index is 12.9. The van der Waals surface area contributed by atoms with Crippen molar-refractivity contribution in [1.29, 1.82) is 0 Å². The summed E-state index contributed by atoms with van der Waals surface area (Å²) in [6, 6.07) is 13.6. The van der Waals surface area contributed by atoms with E-state index in [-0.39, 0.29) is 11.5 Å². The van der Waals surface area contributed by atoms with E-state index >= 15 is 0 Å². The summed E-state index contributed by atoms with van der Waals surface area (Å²) in [4.78, 5) is 12.9. The summed E-state index contributed by atoms with van der Waals surface area (Å²) >= 11 is 0. The van der Waals surface area contributed by atoms with Gasteiger partial charge in [-0.2, -0.15) is 0 Å². The average molecular weight is 335 g/mol.